The second kappa shape index (κ2) is 14.0. The Balaban J connectivity index is 1.23. The number of benzene rings is 2. The summed E-state index contributed by atoms with van der Waals surface area (Å²) in [7, 11) is 0. The lowest BCUT2D eigenvalue weighted by Crippen LogP contribution is -2.22. The van der Waals surface area contributed by atoms with E-state index in [1.807, 2.05) is 16.6 Å². The number of hydrogen-bond acceptors (Lipinski definition) is 6. The normalized spacial score (nSPS) is 17.1. The Bertz CT molecular complexity index is 1670. The lowest BCUT2D eigenvalue weighted by molar-refractivity contribution is 0.0209. The van der Waals surface area contributed by atoms with Crippen molar-refractivity contribution in [1.82, 2.24) is 19.8 Å². The van der Waals surface area contributed by atoms with E-state index in [0.29, 0.717) is 17.5 Å². The van der Waals surface area contributed by atoms with E-state index in [9.17, 15) is 9.59 Å². The molecule has 2 heterocycles. The van der Waals surface area contributed by atoms with Gasteiger partial charge in [-0.1, -0.05) is 58.7 Å². The Hall–Kier alpha value is -3.94. The highest BCUT2D eigenvalue weighted by molar-refractivity contribution is 5.96. The molecule has 1 unspecified atom stereocenters. The molecule has 1 N–H and O–H groups in total. The van der Waals surface area contributed by atoms with Crippen molar-refractivity contribution in [3.05, 3.63) is 87.4 Å². The first-order chi connectivity index (χ1) is 22.5. The summed E-state index contributed by atoms with van der Waals surface area (Å²) in [5.74, 6) is 0.319. The van der Waals surface area contributed by atoms with E-state index in [1.54, 1.807) is 6.07 Å². The van der Waals surface area contributed by atoms with Gasteiger partial charge in [0.25, 0.3) is 0 Å². The Morgan fingerprint density at radius 2 is 1.43 bits per heavy atom. The van der Waals surface area contributed by atoms with Gasteiger partial charge in [-0.05, 0) is 112 Å². The Labute approximate surface area is 278 Å². The molecule has 8 heteroatoms. The van der Waals surface area contributed by atoms with E-state index in [-0.39, 0.29) is 35.5 Å². The minimum Gasteiger partial charge on any atom is -0.459 e. The fourth-order valence-corrected chi connectivity index (χ4v) is 7.05. The second-order valence-electron chi connectivity index (χ2n) is 15.0. The molecule has 0 bridgehead atoms. The molecule has 2 fully saturated rings. The highest BCUT2D eigenvalue weighted by Crippen LogP contribution is 2.28. The number of aromatic amines is 1. The maximum absolute atomic E-state index is 13.4. The van der Waals surface area contributed by atoms with Crippen LogP contribution in [-0.2, 0) is 27.7 Å². The number of esters is 2. The van der Waals surface area contributed by atoms with E-state index in [0.717, 1.165) is 86.1 Å². The first-order valence-corrected chi connectivity index (χ1v) is 17.6. The lowest BCUT2D eigenvalue weighted by atomic mass is 9.92. The molecule has 0 aliphatic heterocycles. The van der Waals surface area contributed by atoms with Crippen LogP contribution in [0.5, 0.6) is 0 Å². The highest BCUT2D eigenvalue weighted by Gasteiger charge is 2.24. The van der Waals surface area contributed by atoms with Gasteiger partial charge in [-0.2, -0.15) is 0 Å². The van der Waals surface area contributed by atoms with Gasteiger partial charge in [0, 0.05) is 23.1 Å². The maximum Gasteiger partial charge on any atom is 0.338 e. The number of rotatable bonds is 9. The van der Waals surface area contributed by atoms with Crippen molar-refractivity contribution in [2.24, 2.45) is 0 Å². The van der Waals surface area contributed by atoms with Crippen LogP contribution in [0.2, 0.25) is 0 Å². The van der Waals surface area contributed by atoms with Crippen LogP contribution in [0.15, 0.2) is 42.5 Å². The molecule has 250 valence electrons. The topological polar surface area (TPSA) is 98.6 Å². The molecule has 2 aliphatic rings. The van der Waals surface area contributed by atoms with Crippen molar-refractivity contribution in [2.75, 3.05) is 0 Å². The van der Waals surface area contributed by atoms with Crippen LogP contribution in [-0.4, -0.2) is 44.0 Å². The van der Waals surface area contributed by atoms with Crippen molar-refractivity contribution in [3.63, 3.8) is 0 Å². The quantitative estimate of drug-likeness (QED) is 0.184. The van der Waals surface area contributed by atoms with Crippen LogP contribution < -0.4 is 0 Å². The van der Waals surface area contributed by atoms with E-state index >= 15 is 0 Å². The molecule has 0 saturated heterocycles. The Morgan fingerprint density at radius 3 is 2.00 bits per heavy atom. The summed E-state index contributed by atoms with van der Waals surface area (Å²) in [6.07, 6.45) is 11.5. The van der Waals surface area contributed by atoms with E-state index in [1.165, 1.54) is 24.0 Å². The highest BCUT2D eigenvalue weighted by atomic mass is 16.5. The van der Waals surface area contributed by atoms with Crippen molar-refractivity contribution >= 4 is 17.6 Å². The third-order valence-corrected chi connectivity index (χ3v) is 9.93. The summed E-state index contributed by atoms with van der Waals surface area (Å²) in [6, 6.07) is 14.0. The molecule has 1 atom stereocenters. The number of nitrogens with zero attached hydrogens (tertiary/aromatic N) is 3. The number of H-pyrrole nitrogens is 1. The summed E-state index contributed by atoms with van der Waals surface area (Å²) in [5.41, 5.74) is 7.24. The zero-order chi connectivity index (χ0) is 33.1. The first kappa shape index (κ1) is 33.0. The average molecular weight is 639 g/mol. The molecule has 2 aromatic heterocycles. The standard InChI is InChI=1S/C39H50N4O4/c1-25-16-17-27(20-29(25)18-26(2)36-41-40-35-24-34(39(3,4)5)42-43(35)36)19-28-21-30(37(44)46-32-12-8-6-9-13-32)23-31(22-28)38(45)47-33-14-10-7-11-15-33/h16-17,20-24,26,32-33,42H,6-15,18-19H2,1-5H3. The summed E-state index contributed by atoms with van der Waals surface area (Å²) in [6.45, 7) is 10.9. The van der Waals surface area contributed by atoms with Gasteiger partial charge in [0.05, 0.1) is 11.1 Å². The van der Waals surface area contributed by atoms with Crippen LogP contribution in [0.4, 0.5) is 0 Å². The Morgan fingerprint density at radius 1 is 0.830 bits per heavy atom. The largest absolute Gasteiger partial charge is 0.459 e. The van der Waals surface area contributed by atoms with E-state index in [4.69, 9.17) is 9.47 Å². The zero-order valence-corrected chi connectivity index (χ0v) is 28.7. The minimum atomic E-state index is -0.359. The molecule has 8 nitrogen and oxygen atoms in total. The number of nitrogens with one attached hydrogen (secondary N) is 1. The Kier molecular flexibility index (Phi) is 9.85. The van der Waals surface area contributed by atoms with Gasteiger partial charge in [0.2, 0.25) is 0 Å². The average Bonchev–Trinajstić information content (AvgIpc) is 3.65. The molecule has 0 radical (unpaired) electrons. The van der Waals surface area contributed by atoms with Crippen LogP contribution in [0.1, 0.15) is 152 Å². The number of hydrogen-bond donors (Lipinski definition) is 1. The molecule has 2 aliphatic carbocycles. The van der Waals surface area contributed by atoms with Gasteiger partial charge >= 0.3 is 11.9 Å². The third kappa shape index (κ3) is 7.96. The lowest BCUT2D eigenvalue weighted by Gasteiger charge is -2.23. The summed E-state index contributed by atoms with van der Waals surface area (Å²) in [5, 5.41) is 12.5. The molecule has 0 amide bonds. The van der Waals surface area contributed by atoms with Crippen molar-refractivity contribution in [2.45, 2.75) is 135 Å². The molecule has 0 spiro atoms. The number of aryl methyl sites for hydroxylation is 1. The number of carbonyl (C=O) groups excluding carboxylic acids is 2. The SMILES string of the molecule is Cc1ccc(Cc2cc(C(=O)OC3CCCCC3)cc(C(=O)OC3CCCCC3)c2)cc1CC(C)c1nnc2cc(C(C)(C)C)[nH]n12. The van der Waals surface area contributed by atoms with Crippen molar-refractivity contribution < 1.29 is 19.1 Å². The fraction of sp³-hybridized carbons (Fsp3) is 0.538. The molecule has 47 heavy (non-hydrogen) atoms. The third-order valence-electron chi connectivity index (χ3n) is 9.93. The zero-order valence-electron chi connectivity index (χ0n) is 28.7. The predicted molar refractivity (Wildman–Crippen MR) is 183 cm³/mol. The molecule has 4 aromatic rings. The summed E-state index contributed by atoms with van der Waals surface area (Å²) < 4.78 is 13.9. The van der Waals surface area contributed by atoms with Crippen LogP contribution in [0.3, 0.4) is 0 Å². The van der Waals surface area contributed by atoms with Crippen LogP contribution in [0.25, 0.3) is 5.65 Å². The van der Waals surface area contributed by atoms with Crippen molar-refractivity contribution in [3.8, 4) is 0 Å². The fourth-order valence-electron chi connectivity index (χ4n) is 7.05. The molecule has 6 rings (SSSR count). The minimum absolute atomic E-state index is 0.0114. The predicted octanol–water partition coefficient (Wildman–Crippen LogP) is 8.58. The number of ether oxygens (including phenoxy) is 2. The van der Waals surface area contributed by atoms with Gasteiger partial charge in [0.1, 0.15) is 12.2 Å². The smallest absolute Gasteiger partial charge is 0.338 e. The molecular formula is C39H50N4O4. The second-order valence-corrected chi connectivity index (χ2v) is 15.0. The number of aromatic nitrogens is 4. The van der Waals surface area contributed by atoms with Gasteiger partial charge in [-0.25, -0.2) is 14.1 Å². The van der Waals surface area contributed by atoms with E-state index in [2.05, 4.69) is 74.2 Å². The van der Waals surface area contributed by atoms with Crippen molar-refractivity contribution in [1.29, 1.82) is 0 Å². The van der Waals surface area contributed by atoms with Crippen LogP contribution >= 0.6 is 0 Å². The monoisotopic (exact) mass is 638 g/mol. The molecular weight excluding hydrogens is 588 g/mol. The molecule has 2 saturated carbocycles. The van der Waals surface area contributed by atoms with Gasteiger partial charge in [-0.3, -0.25) is 5.10 Å². The summed E-state index contributed by atoms with van der Waals surface area (Å²) in [4.78, 5) is 26.7. The van der Waals surface area contributed by atoms with Gasteiger partial charge in [0.15, 0.2) is 11.5 Å². The summed E-state index contributed by atoms with van der Waals surface area (Å²) >= 11 is 0. The number of fused-ring (bicyclic) bond motifs is 1. The van der Waals surface area contributed by atoms with Crippen LogP contribution in [0, 0.1) is 6.92 Å². The van der Waals surface area contributed by atoms with Gasteiger partial charge < -0.3 is 9.47 Å². The maximum atomic E-state index is 13.4. The van der Waals surface area contributed by atoms with Gasteiger partial charge in [-0.15, -0.1) is 10.2 Å². The molecule has 2 aromatic carbocycles. The van der Waals surface area contributed by atoms with E-state index < -0.39 is 0 Å². The first-order valence-electron chi connectivity index (χ1n) is 17.6. The number of carbonyl (C=O) groups is 2.